The summed E-state index contributed by atoms with van der Waals surface area (Å²) in [7, 11) is 1.25. The maximum Gasteiger partial charge on any atom is 1.00 e. The fourth-order valence-corrected chi connectivity index (χ4v) is 7.19. The zero-order valence-corrected chi connectivity index (χ0v) is 28.9. The molecule has 8 bridgehead atoms. The summed E-state index contributed by atoms with van der Waals surface area (Å²) in [5.41, 5.74) is 8.71. The van der Waals surface area contributed by atoms with Gasteiger partial charge in [-0.2, -0.15) is 0 Å². The van der Waals surface area contributed by atoms with E-state index in [2.05, 4.69) is 11.9 Å². The van der Waals surface area contributed by atoms with E-state index in [1.54, 1.807) is 18.2 Å². The Labute approximate surface area is 289 Å². The number of carboxylic acids is 1. The van der Waals surface area contributed by atoms with Gasteiger partial charge in [0.25, 0.3) is 0 Å². The molecule has 46 heavy (non-hydrogen) atoms. The molecule has 1 unspecified atom stereocenters. The number of aliphatic imine (C=N–C) groups is 3. The van der Waals surface area contributed by atoms with Gasteiger partial charge in [-0.3, -0.25) is 24.2 Å². The zero-order chi connectivity index (χ0) is 32.3. The molecule has 1 saturated heterocycles. The number of rotatable bonds is 7. The average Bonchev–Trinajstić information content (AvgIpc) is 3.76. The van der Waals surface area contributed by atoms with Crippen LogP contribution in [0.25, 0.3) is 0 Å². The van der Waals surface area contributed by atoms with Crippen LogP contribution in [0.3, 0.4) is 0 Å². The molecule has 10 nitrogen and oxygen atoms in total. The van der Waals surface area contributed by atoms with Gasteiger partial charge in [0.15, 0.2) is 12.1 Å². The van der Waals surface area contributed by atoms with Crippen molar-refractivity contribution in [2.24, 2.45) is 38.6 Å². The minimum atomic E-state index is -1.21. The van der Waals surface area contributed by atoms with Crippen LogP contribution in [0.5, 0.6) is 0 Å². The van der Waals surface area contributed by atoms with E-state index < -0.39 is 23.8 Å². The van der Waals surface area contributed by atoms with Gasteiger partial charge in [0.1, 0.15) is 5.92 Å². The van der Waals surface area contributed by atoms with Crippen LogP contribution < -0.4 is 34.9 Å². The third-order valence-corrected chi connectivity index (χ3v) is 9.60. The van der Waals surface area contributed by atoms with Crippen molar-refractivity contribution in [3.05, 3.63) is 92.8 Å². The van der Waals surface area contributed by atoms with Gasteiger partial charge in [0.05, 0.1) is 47.3 Å². The standard InChI is InChI=1S/C35H34N4O6.Na/c1-7-18-15(3)22-11-23-16(4)20(9-10-28(41)42)32(38-23)30-31(35(44)45-6)34(43)29-17(5)24(39-33(29)30)12-26-19(8-2)21(14-40)27(37-26)13-25(18)36-22;/h7,11-14,16,20,29,31,38H,1,8-10H2,2-6H3,(H,41,42);/q;+1/t16-,20-,29?,31+;/m0./s1. The van der Waals surface area contributed by atoms with Crippen LogP contribution in [0.1, 0.15) is 47.0 Å². The Bertz CT molecular complexity index is 1840. The van der Waals surface area contributed by atoms with E-state index in [-0.39, 0.29) is 60.0 Å². The van der Waals surface area contributed by atoms with Crippen molar-refractivity contribution >= 4 is 41.1 Å². The minimum absolute atomic E-state index is 0. The van der Waals surface area contributed by atoms with Crippen LogP contribution in [-0.4, -0.2) is 53.4 Å². The van der Waals surface area contributed by atoms with E-state index in [0.29, 0.717) is 63.1 Å². The molecule has 11 heteroatoms. The molecule has 2 N–H and O–H groups in total. The van der Waals surface area contributed by atoms with Crippen LogP contribution >= 0.6 is 0 Å². The van der Waals surface area contributed by atoms with Gasteiger partial charge in [-0.15, -0.1) is 0 Å². The van der Waals surface area contributed by atoms with Crippen LogP contribution in [0.2, 0.25) is 0 Å². The molecule has 6 rings (SSSR count). The molecule has 0 amide bonds. The summed E-state index contributed by atoms with van der Waals surface area (Å²) in [6.07, 6.45) is 8.76. The number of nitrogens with one attached hydrogen (secondary N) is 1. The number of hydrogen-bond donors (Lipinski definition) is 2. The number of aliphatic carboxylic acids is 1. The van der Waals surface area contributed by atoms with Crippen LogP contribution in [-0.2, 0) is 23.9 Å². The number of ether oxygens (including phenoxy) is 1. The number of allylic oxidation sites excluding steroid dienone is 10. The van der Waals surface area contributed by atoms with Gasteiger partial charge in [-0.05, 0) is 61.6 Å². The van der Waals surface area contributed by atoms with Crippen molar-refractivity contribution in [1.82, 2.24) is 5.32 Å². The Hall–Kier alpha value is -3.99. The number of ketones is 1. The smallest absolute Gasteiger partial charge is 0.481 e. The van der Waals surface area contributed by atoms with Crippen LogP contribution in [0.4, 0.5) is 0 Å². The molecular formula is C35H34N4NaO6+. The number of Topliss-reactive ketones (excluding diaryl/α,β-unsaturated/α-hetero) is 1. The fraction of sp³-hybridized carbons (Fsp3) is 0.343. The Morgan fingerprint density at radius 3 is 2.43 bits per heavy atom. The summed E-state index contributed by atoms with van der Waals surface area (Å²) < 4.78 is 5.12. The van der Waals surface area contributed by atoms with Gasteiger partial charge >= 0.3 is 41.5 Å². The number of hydrogen-bond acceptors (Lipinski definition) is 9. The predicted octanol–water partition coefficient (Wildman–Crippen LogP) is 1.66. The van der Waals surface area contributed by atoms with Gasteiger partial charge in [0.2, 0.25) is 0 Å². The first-order valence-corrected chi connectivity index (χ1v) is 15.0. The molecule has 1 aliphatic carbocycles. The molecule has 0 aromatic heterocycles. The molecule has 6 aliphatic rings. The van der Waals surface area contributed by atoms with Gasteiger partial charge in [-0.25, -0.2) is 9.98 Å². The van der Waals surface area contributed by atoms with Crippen LogP contribution in [0.15, 0.2) is 108 Å². The molecule has 1 saturated carbocycles. The second-order valence-electron chi connectivity index (χ2n) is 11.9. The maximum atomic E-state index is 14.0. The maximum absolute atomic E-state index is 14.0. The third-order valence-electron chi connectivity index (χ3n) is 9.60. The normalized spacial score (nSPS) is 26.2. The number of carbonyl (C=O) groups excluding carboxylic acids is 3. The number of methoxy groups -OCH3 is 1. The molecule has 0 spiro atoms. The first-order chi connectivity index (χ1) is 21.5. The van der Waals surface area contributed by atoms with E-state index in [9.17, 15) is 24.3 Å². The monoisotopic (exact) mass is 629 g/mol. The zero-order valence-electron chi connectivity index (χ0n) is 26.9. The number of carboxylic acid groups (broad SMARTS) is 1. The second kappa shape index (κ2) is 12.7. The summed E-state index contributed by atoms with van der Waals surface area (Å²) in [6, 6.07) is 0. The minimum Gasteiger partial charge on any atom is -0.481 e. The molecule has 4 atom stereocenters. The Morgan fingerprint density at radius 1 is 1.09 bits per heavy atom. The topological polar surface area (TPSA) is 147 Å². The summed E-state index contributed by atoms with van der Waals surface area (Å²) in [4.78, 5) is 66.0. The quantitative estimate of drug-likeness (QED) is 0.189. The Balaban J connectivity index is 0.00000417. The summed E-state index contributed by atoms with van der Waals surface area (Å²) in [6.45, 7) is 11.7. The average molecular weight is 630 g/mol. The predicted molar refractivity (Wildman–Crippen MR) is 169 cm³/mol. The van der Waals surface area contributed by atoms with Crippen molar-refractivity contribution in [2.75, 3.05) is 7.11 Å². The van der Waals surface area contributed by atoms with Crippen molar-refractivity contribution in [1.29, 1.82) is 0 Å². The molecule has 0 radical (unpaired) electrons. The van der Waals surface area contributed by atoms with E-state index in [1.807, 2.05) is 33.8 Å². The molecule has 5 aliphatic heterocycles. The molecule has 2 fully saturated rings. The Kier molecular flexibility index (Phi) is 9.19. The number of esters is 1. The number of fused-ring (bicyclic) bond motifs is 5. The molecule has 5 heterocycles. The molecule has 0 aromatic carbocycles. The second-order valence-corrected chi connectivity index (χ2v) is 11.9. The number of carbonyl (C=O) groups is 4. The molecule has 230 valence electrons. The summed E-state index contributed by atoms with van der Waals surface area (Å²) >= 11 is 0. The summed E-state index contributed by atoms with van der Waals surface area (Å²) in [5, 5.41) is 13.1. The number of aldehydes is 1. The SMILES string of the molecule is C=CC1=C(C)C2=NC1=CC1=NC(=CC3=C(C)C4C(=O)[C@H](C(=O)OC)C(=C5NC(=C2)[C@@H](C)[C@@H]5CCC(=O)O)C4=N3)C(CC)=C1C=O.[Na+]. The molecular weight excluding hydrogens is 595 g/mol. The van der Waals surface area contributed by atoms with Crippen molar-refractivity contribution < 1.29 is 58.6 Å². The van der Waals surface area contributed by atoms with Crippen LogP contribution in [0, 0.1) is 23.7 Å². The Morgan fingerprint density at radius 2 is 1.80 bits per heavy atom. The van der Waals surface area contributed by atoms with Crippen molar-refractivity contribution in [2.45, 2.75) is 47.0 Å². The van der Waals surface area contributed by atoms with Crippen molar-refractivity contribution in [3.8, 4) is 0 Å². The van der Waals surface area contributed by atoms with Crippen molar-refractivity contribution in [3.63, 3.8) is 0 Å². The first kappa shape index (κ1) is 33.4. The van der Waals surface area contributed by atoms with E-state index >= 15 is 0 Å². The third kappa shape index (κ3) is 5.12. The molecule has 0 aromatic rings. The van der Waals surface area contributed by atoms with E-state index in [4.69, 9.17) is 19.7 Å². The summed E-state index contributed by atoms with van der Waals surface area (Å²) in [5.74, 6) is -4.47. The number of nitrogens with zero attached hydrogens (tertiary/aromatic N) is 3. The fourth-order valence-electron chi connectivity index (χ4n) is 7.19. The van der Waals surface area contributed by atoms with Gasteiger partial charge in [0, 0.05) is 46.4 Å². The van der Waals surface area contributed by atoms with E-state index in [1.165, 1.54) is 7.11 Å². The van der Waals surface area contributed by atoms with Gasteiger partial charge < -0.3 is 15.2 Å². The largest absolute Gasteiger partial charge is 1.00 e. The first-order valence-electron chi connectivity index (χ1n) is 15.0. The van der Waals surface area contributed by atoms with Gasteiger partial charge in [-0.1, -0.05) is 26.5 Å². The van der Waals surface area contributed by atoms with E-state index in [0.717, 1.165) is 28.7 Å².